The Morgan fingerprint density at radius 1 is 0.913 bits per heavy atom. The van der Waals surface area contributed by atoms with Gasteiger partial charge in [-0.15, -0.1) is 0 Å². The van der Waals surface area contributed by atoms with Crippen LogP contribution in [-0.4, -0.2) is 90.3 Å². The maximum atomic E-state index is 13.5. The molecule has 0 radical (unpaired) electrons. The van der Waals surface area contributed by atoms with Gasteiger partial charge in [0.2, 0.25) is 11.8 Å². The summed E-state index contributed by atoms with van der Waals surface area (Å²) in [6.45, 7) is 14.3. The Bertz CT molecular complexity index is 1130. The summed E-state index contributed by atoms with van der Waals surface area (Å²) in [6.07, 6.45) is 4.82. The number of carbonyl (C=O) groups excluding carboxylic acids is 2. The molecule has 5 atom stereocenters. The Morgan fingerprint density at radius 2 is 1.52 bits per heavy atom. The molecule has 46 heavy (non-hydrogen) atoms. The molecule has 2 rings (SSSR count). The van der Waals surface area contributed by atoms with Gasteiger partial charge in [0.15, 0.2) is 9.84 Å². The highest BCUT2D eigenvalue weighted by Crippen LogP contribution is 2.29. The standard InChI is InChI=1S/C36H63N3O6S/c1-25(2)20-33(40)34(41)32(22-30-16-12-9-13-17-30)38-35(42)28(7)23-37-36(43)31(21-29-14-10-8-11-15-29)24-46(44,45)19-18-39(26(3)4)27(5)6/h8,10-11,14-15,25-28,30-34,40-41H,9,12-13,16-24H2,1-7H3,(H,37,43)(H,38,42). The van der Waals surface area contributed by atoms with Crippen molar-refractivity contribution in [1.82, 2.24) is 15.5 Å². The highest BCUT2D eigenvalue weighted by atomic mass is 32.2. The first-order chi connectivity index (χ1) is 21.6. The second-order valence-corrected chi connectivity index (χ2v) is 16.8. The number of aliphatic hydroxyl groups is 2. The third-order valence-electron chi connectivity index (χ3n) is 9.33. The van der Waals surface area contributed by atoms with Crippen LogP contribution >= 0.6 is 0 Å². The number of amides is 2. The molecule has 0 aromatic heterocycles. The van der Waals surface area contributed by atoms with Crippen LogP contribution in [0.5, 0.6) is 0 Å². The van der Waals surface area contributed by atoms with Gasteiger partial charge in [-0.3, -0.25) is 14.5 Å². The van der Waals surface area contributed by atoms with Crippen molar-refractivity contribution in [1.29, 1.82) is 0 Å². The summed E-state index contributed by atoms with van der Waals surface area (Å²) < 4.78 is 26.6. The molecule has 0 saturated heterocycles. The van der Waals surface area contributed by atoms with Crippen molar-refractivity contribution in [3.8, 4) is 0 Å². The van der Waals surface area contributed by atoms with Gasteiger partial charge in [0, 0.05) is 25.2 Å². The van der Waals surface area contributed by atoms with Crippen molar-refractivity contribution in [3.05, 3.63) is 35.9 Å². The van der Waals surface area contributed by atoms with E-state index < -0.39 is 45.8 Å². The lowest BCUT2D eigenvalue weighted by Gasteiger charge is -2.33. The fourth-order valence-electron chi connectivity index (χ4n) is 6.64. The molecule has 1 aromatic rings. The van der Waals surface area contributed by atoms with Crippen LogP contribution in [0.3, 0.4) is 0 Å². The van der Waals surface area contributed by atoms with Gasteiger partial charge in [-0.1, -0.05) is 83.2 Å². The van der Waals surface area contributed by atoms with E-state index in [2.05, 4.69) is 15.5 Å². The molecule has 1 saturated carbocycles. The molecule has 2 amide bonds. The Balaban J connectivity index is 2.09. The fraction of sp³-hybridized carbons (Fsp3) is 0.778. The van der Waals surface area contributed by atoms with Crippen LogP contribution in [0.25, 0.3) is 0 Å². The normalized spacial score (nSPS) is 18.0. The van der Waals surface area contributed by atoms with Crippen molar-refractivity contribution in [2.75, 3.05) is 24.6 Å². The number of nitrogens with one attached hydrogen (secondary N) is 2. The van der Waals surface area contributed by atoms with E-state index in [1.165, 1.54) is 6.42 Å². The molecule has 1 fully saturated rings. The van der Waals surface area contributed by atoms with Crippen LogP contribution in [0.4, 0.5) is 0 Å². The van der Waals surface area contributed by atoms with Gasteiger partial charge < -0.3 is 20.8 Å². The molecule has 0 aliphatic heterocycles. The van der Waals surface area contributed by atoms with E-state index in [-0.39, 0.29) is 48.4 Å². The molecule has 5 unspecified atom stereocenters. The summed E-state index contributed by atoms with van der Waals surface area (Å²) in [7, 11) is -3.55. The van der Waals surface area contributed by atoms with Gasteiger partial charge in [-0.05, 0) is 64.4 Å². The zero-order valence-electron chi connectivity index (χ0n) is 29.5. The lowest BCUT2D eigenvalue weighted by Crippen LogP contribution is -2.52. The smallest absolute Gasteiger partial charge is 0.224 e. The summed E-state index contributed by atoms with van der Waals surface area (Å²) in [6, 6.07) is 9.19. The Kier molecular flexibility index (Phi) is 17.2. The first-order valence-corrected chi connectivity index (χ1v) is 19.4. The number of sulfone groups is 1. The molecule has 0 heterocycles. The molecule has 264 valence electrons. The zero-order chi connectivity index (χ0) is 34.4. The number of hydrogen-bond donors (Lipinski definition) is 4. The summed E-state index contributed by atoms with van der Waals surface area (Å²) in [5, 5.41) is 27.6. The van der Waals surface area contributed by atoms with E-state index in [4.69, 9.17) is 0 Å². The van der Waals surface area contributed by atoms with Gasteiger partial charge in [0.1, 0.15) is 6.10 Å². The maximum Gasteiger partial charge on any atom is 0.224 e. The van der Waals surface area contributed by atoms with Gasteiger partial charge in [0.25, 0.3) is 0 Å². The van der Waals surface area contributed by atoms with Crippen molar-refractivity contribution in [2.45, 2.75) is 130 Å². The number of aliphatic hydroxyl groups excluding tert-OH is 2. The summed E-state index contributed by atoms with van der Waals surface area (Å²) in [5.74, 6) is -1.87. The van der Waals surface area contributed by atoms with E-state index in [1.807, 2.05) is 71.9 Å². The van der Waals surface area contributed by atoms with Crippen molar-refractivity contribution in [2.24, 2.45) is 23.7 Å². The molecular formula is C36H63N3O6S. The average Bonchev–Trinajstić information content (AvgIpc) is 2.98. The van der Waals surface area contributed by atoms with Crippen molar-refractivity contribution >= 4 is 21.7 Å². The second kappa shape index (κ2) is 19.7. The Morgan fingerprint density at radius 3 is 2.09 bits per heavy atom. The highest BCUT2D eigenvalue weighted by molar-refractivity contribution is 7.91. The number of hydrogen-bond acceptors (Lipinski definition) is 7. The van der Waals surface area contributed by atoms with E-state index >= 15 is 0 Å². The van der Waals surface area contributed by atoms with Crippen LogP contribution in [-0.2, 0) is 25.8 Å². The topological polar surface area (TPSA) is 136 Å². The average molecular weight is 666 g/mol. The lowest BCUT2D eigenvalue weighted by molar-refractivity contribution is -0.128. The SMILES string of the molecule is CC(C)CC(O)C(O)C(CC1CCCCC1)NC(=O)C(C)CNC(=O)C(Cc1ccccc1)CS(=O)(=O)CCN(C(C)C)C(C)C. The number of rotatable bonds is 20. The van der Waals surface area contributed by atoms with Crippen LogP contribution in [0.15, 0.2) is 30.3 Å². The van der Waals surface area contributed by atoms with Crippen molar-refractivity contribution < 1.29 is 28.2 Å². The van der Waals surface area contributed by atoms with Gasteiger partial charge in [-0.25, -0.2) is 8.42 Å². The molecule has 9 nitrogen and oxygen atoms in total. The first kappa shape index (κ1) is 40.2. The number of carbonyl (C=O) groups is 2. The molecular weight excluding hydrogens is 602 g/mol. The molecule has 1 aromatic carbocycles. The highest BCUT2D eigenvalue weighted by Gasteiger charge is 2.33. The van der Waals surface area contributed by atoms with Crippen LogP contribution in [0.2, 0.25) is 0 Å². The second-order valence-electron chi connectivity index (χ2n) is 14.6. The molecule has 0 spiro atoms. The third kappa shape index (κ3) is 14.4. The Hall–Kier alpha value is -2.01. The van der Waals surface area contributed by atoms with E-state index in [9.17, 15) is 28.2 Å². The largest absolute Gasteiger partial charge is 0.390 e. The molecule has 1 aliphatic rings. The number of benzene rings is 1. The quantitative estimate of drug-likeness (QED) is 0.163. The molecule has 0 bridgehead atoms. The van der Waals surface area contributed by atoms with Gasteiger partial charge in [0.05, 0.1) is 35.5 Å². The lowest BCUT2D eigenvalue weighted by atomic mass is 9.82. The summed E-state index contributed by atoms with van der Waals surface area (Å²) >= 11 is 0. The van der Waals surface area contributed by atoms with Crippen LogP contribution in [0, 0.1) is 23.7 Å². The molecule has 4 N–H and O–H groups in total. The van der Waals surface area contributed by atoms with Gasteiger partial charge >= 0.3 is 0 Å². The minimum absolute atomic E-state index is 0.0330. The minimum Gasteiger partial charge on any atom is -0.390 e. The maximum absolute atomic E-state index is 13.5. The van der Waals surface area contributed by atoms with Crippen molar-refractivity contribution in [3.63, 3.8) is 0 Å². The molecule has 10 heteroatoms. The fourth-order valence-corrected chi connectivity index (χ4v) is 8.18. The van der Waals surface area contributed by atoms with Crippen LogP contribution in [0.1, 0.15) is 99.0 Å². The Labute approximate surface area is 279 Å². The molecule has 1 aliphatic carbocycles. The van der Waals surface area contributed by atoms with E-state index in [0.717, 1.165) is 31.2 Å². The predicted octanol–water partition coefficient (Wildman–Crippen LogP) is 4.35. The monoisotopic (exact) mass is 665 g/mol. The third-order valence-corrected chi connectivity index (χ3v) is 11.0. The van der Waals surface area contributed by atoms with Crippen LogP contribution < -0.4 is 10.6 Å². The van der Waals surface area contributed by atoms with Gasteiger partial charge in [-0.2, -0.15) is 0 Å². The summed E-state index contributed by atoms with van der Waals surface area (Å²) in [4.78, 5) is 29.0. The number of nitrogens with zero attached hydrogens (tertiary/aromatic N) is 1. The van der Waals surface area contributed by atoms with E-state index in [0.29, 0.717) is 25.3 Å². The van der Waals surface area contributed by atoms with E-state index in [1.54, 1.807) is 6.92 Å². The first-order valence-electron chi connectivity index (χ1n) is 17.5. The summed E-state index contributed by atoms with van der Waals surface area (Å²) in [5.41, 5.74) is 0.870. The minimum atomic E-state index is -3.55. The zero-order valence-corrected chi connectivity index (χ0v) is 30.3. The predicted molar refractivity (Wildman–Crippen MR) is 186 cm³/mol.